The Balaban J connectivity index is 2.50. The number of ketones is 1. The van der Waals surface area contributed by atoms with Gasteiger partial charge in [0.15, 0.2) is 0 Å². The van der Waals surface area contributed by atoms with Crippen LogP contribution in [-0.4, -0.2) is 23.3 Å². The number of hydrogen-bond acceptors (Lipinski definition) is 3. The van der Waals surface area contributed by atoms with E-state index in [9.17, 15) is 4.79 Å². The molecule has 0 spiro atoms. The standard InChI is InChI=1S/C13H13Cl3O3/c1-18-11(7-12(17)13(14,15)16)9-19-8-10-5-3-2-4-6-10/h2-7H,8-9H2,1H3. The van der Waals surface area contributed by atoms with Gasteiger partial charge in [0, 0.05) is 6.08 Å². The van der Waals surface area contributed by atoms with E-state index in [4.69, 9.17) is 44.3 Å². The van der Waals surface area contributed by atoms with Gasteiger partial charge in [-0.1, -0.05) is 65.1 Å². The molecule has 104 valence electrons. The third-order valence-corrected chi connectivity index (χ3v) is 2.75. The van der Waals surface area contributed by atoms with Gasteiger partial charge in [-0.2, -0.15) is 0 Å². The van der Waals surface area contributed by atoms with E-state index in [2.05, 4.69) is 0 Å². The highest BCUT2D eigenvalue weighted by Gasteiger charge is 2.29. The smallest absolute Gasteiger partial charge is 0.252 e. The van der Waals surface area contributed by atoms with Gasteiger partial charge < -0.3 is 9.47 Å². The fraction of sp³-hybridized carbons (Fsp3) is 0.308. The molecule has 0 heterocycles. The average molecular weight is 324 g/mol. The van der Waals surface area contributed by atoms with Crippen LogP contribution in [0.4, 0.5) is 0 Å². The summed E-state index contributed by atoms with van der Waals surface area (Å²) in [6.45, 7) is 0.529. The highest BCUT2D eigenvalue weighted by Crippen LogP contribution is 2.28. The van der Waals surface area contributed by atoms with E-state index in [0.717, 1.165) is 11.6 Å². The number of halogens is 3. The van der Waals surface area contributed by atoms with E-state index in [1.807, 2.05) is 30.3 Å². The van der Waals surface area contributed by atoms with Crippen LogP contribution < -0.4 is 0 Å². The molecular formula is C13H13Cl3O3. The van der Waals surface area contributed by atoms with Crippen LogP contribution in [0.3, 0.4) is 0 Å². The monoisotopic (exact) mass is 322 g/mol. The van der Waals surface area contributed by atoms with Crippen molar-refractivity contribution in [2.24, 2.45) is 0 Å². The molecule has 0 fully saturated rings. The first-order valence-electron chi connectivity index (χ1n) is 5.41. The summed E-state index contributed by atoms with van der Waals surface area (Å²) in [6, 6.07) is 9.62. The van der Waals surface area contributed by atoms with Gasteiger partial charge in [0.25, 0.3) is 3.79 Å². The molecule has 1 aromatic carbocycles. The van der Waals surface area contributed by atoms with Crippen molar-refractivity contribution in [2.75, 3.05) is 13.7 Å². The van der Waals surface area contributed by atoms with E-state index in [-0.39, 0.29) is 6.61 Å². The normalized spacial score (nSPS) is 12.3. The Morgan fingerprint density at radius 3 is 2.42 bits per heavy atom. The molecule has 0 bridgehead atoms. The summed E-state index contributed by atoms with van der Waals surface area (Å²) in [5.41, 5.74) is 1.02. The second-order valence-corrected chi connectivity index (χ2v) is 5.94. The van der Waals surface area contributed by atoms with Crippen LogP contribution in [0.1, 0.15) is 5.56 Å². The molecule has 1 aromatic rings. The number of rotatable bonds is 6. The van der Waals surface area contributed by atoms with E-state index < -0.39 is 9.58 Å². The summed E-state index contributed by atoms with van der Waals surface area (Å²) < 4.78 is 8.42. The lowest BCUT2D eigenvalue weighted by Crippen LogP contribution is -2.17. The molecule has 0 saturated carbocycles. The van der Waals surface area contributed by atoms with Gasteiger partial charge in [0.2, 0.25) is 5.78 Å². The number of ether oxygens (including phenoxy) is 2. The lowest BCUT2D eigenvalue weighted by atomic mass is 10.2. The fourth-order valence-corrected chi connectivity index (χ4v) is 1.39. The van der Waals surface area contributed by atoms with E-state index in [1.165, 1.54) is 7.11 Å². The van der Waals surface area contributed by atoms with Gasteiger partial charge in [-0.15, -0.1) is 0 Å². The molecule has 0 radical (unpaired) electrons. The first kappa shape index (κ1) is 16.3. The molecule has 0 aliphatic carbocycles. The zero-order valence-corrected chi connectivity index (χ0v) is 12.5. The van der Waals surface area contributed by atoms with Gasteiger partial charge in [-0.05, 0) is 5.56 Å². The van der Waals surface area contributed by atoms with Crippen molar-refractivity contribution >= 4 is 40.6 Å². The van der Waals surface area contributed by atoms with Gasteiger partial charge >= 0.3 is 0 Å². The zero-order valence-electron chi connectivity index (χ0n) is 10.2. The number of carbonyl (C=O) groups is 1. The number of carbonyl (C=O) groups excluding carboxylic acids is 1. The van der Waals surface area contributed by atoms with Crippen molar-refractivity contribution in [1.82, 2.24) is 0 Å². The van der Waals surface area contributed by atoms with Crippen LogP contribution in [0.25, 0.3) is 0 Å². The molecule has 0 atom stereocenters. The number of alkyl halides is 3. The molecule has 0 saturated heterocycles. The average Bonchev–Trinajstić information content (AvgIpc) is 2.37. The quantitative estimate of drug-likeness (QED) is 0.455. The van der Waals surface area contributed by atoms with Crippen molar-refractivity contribution in [3.8, 4) is 0 Å². The Hall–Kier alpha value is -0.740. The fourth-order valence-electron chi connectivity index (χ4n) is 1.23. The largest absolute Gasteiger partial charge is 0.499 e. The summed E-state index contributed by atoms with van der Waals surface area (Å²) in [7, 11) is 1.42. The minimum Gasteiger partial charge on any atom is -0.499 e. The van der Waals surface area contributed by atoms with Gasteiger partial charge in [-0.25, -0.2) is 0 Å². The van der Waals surface area contributed by atoms with Crippen molar-refractivity contribution in [3.63, 3.8) is 0 Å². The van der Waals surface area contributed by atoms with Crippen LogP contribution >= 0.6 is 34.8 Å². The van der Waals surface area contributed by atoms with Crippen molar-refractivity contribution in [3.05, 3.63) is 47.7 Å². The first-order valence-corrected chi connectivity index (χ1v) is 6.54. The number of benzene rings is 1. The first-order chi connectivity index (χ1) is 8.93. The maximum absolute atomic E-state index is 11.5. The Bertz CT molecular complexity index is 438. The molecule has 6 heteroatoms. The lowest BCUT2D eigenvalue weighted by molar-refractivity contribution is -0.114. The highest BCUT2D eigenvalue weighted by atomic mass is 35.6. The summed E-state index contributed by atoms with van der Waals surface area (Å²) in [6.07, 6.45) is 1.12. The van der Waals surface area contributed by atoms with Crippen LogP contribution in [-0.2, 0) is 20.9 Å². The minimum atomic E-state index is -1.98. The predicted molar refractivity (Wildman–Crippen MR) is 76.5 cm³/mol. The summed E-state index contributed by atoms with van der Waals surface area (Å²) in [5, 5.41) is 0. The Morgan fingerprint density at radius 2 is 1.89 bits per heavy atom. The maximum atomic E-state index is 11.5. The molecule has 0 unspecified atom stereocenters. The topological polar surface area (TPSA) is 35.5 Å². The Morgan fingerprint density at radius 1 is 1.26 bits per heavy atom. The third-order valence-electron chi connectivity index (χ3n) is 2.19. The van der Waals surface area contributed by atoms with E-state index in [0.29, 0.717) is 12.4 Å². The minimum absolute atomic E-state index is 0.123. The molecular weight excluding hydrogens is 310 g/mol. The van der Waals surface area contributed by atoms with Crippen LogP contribution in [0.15, 0.2) is 42.2 Å². The molecule has 3 nitrogen and oxygen atoms in total. The number of methoxy groups -OCH3 is 1. The number of hydrogen-bond donors (Lipinski definition) is 0. The predicted octanol–water partition coefficient (Wildman–Crippen LogP) is 3.67. The molecule has 0 aliphatic heterocycles. The van der Waals surface area contributed by atoms with Crippen LogP contribution in [0.5, 0.6) is 0 Å². The number of allylic oxidation sites excluding steroid dienone is 1. The van der Waals surface area contributed by atoms with Gasteiger partial charge in [0.1, 0.15) is 12.4 Å². The zero-order chi connectivity index (χ0) is 14.3. The molecule has 19 heavy (non-hydrogen) atoms. The van der Waals surface area contributed by atoms with E-state index in [1.54, 1.807) is 0 Å². The third kappa shape index (κ3) is 6.30. The van der Waals surface area contributed by atoms with Crippen molar-refractivity contribution < 1.29 is 14.3 Å². The van der Waals surface area contributed by atoms with Gasteiger partial charge in [0.05, 0.1) is 13.7 Å². The van der Waals surface area contributed by atoms with Crippen molar-refractivity contribution in [1.29, 1.82) is 0 Å². The second-order valence-electron chi connectivity index (χ2n) is 3.66. The van der Waals surface area contributed by atoms with Crippen molar-refractivity contribution in [2.45, 2.75) is 10.4 Å². The van der Waals surface area contributed by atoms with Gasteiger partial charge in [-0.3, -0.25) is 4.79 Å². The molecule has 1 rings (SSSR count). The summed E-state index contributed by atoms with van der Waals surface area (Å²) >= 11 is 16.4. The van der Waals surface area contributed by atoms with Crippen LogP contribution in [0.2, 0.25) is 0 Å². The summed E-state index contributed by atoms with van der Waals surface area (Å²) in [4.78, 5) is 11.5. The SMILES string of the molecule is COC(=CC(=O)C(Cl)(Cl)Cl)COCc1ccccc1. The Labute approximate surface area is 127 Å². The Kier molecular flexibility index (Phi) is 6.66. The maximum Gasteiger partial charge on any atom is 0.252 e. The summed E-state index contributed by atoms with van der Waals surface area (Å²) in [5.74, 6) is -0.370. The molecule has 0 N–H and O–H groups in total. The van der Waals surface area contributed by atoms with E-state index >= 15 is 0 Å². The molecule has 0 aromatic heterocycles. The second kappa shape index (κ2) is 7.75. The molecule has 0 aliphatic rings. The highest BCUT2D eigenvalue weighted by molar-refractivity contribution is 6.77. The lowest BCUT2D eigenvalue weighted by Gasteiger charge is -2.10. The van der Waals surface area contributed by atoms with Crippen LogP contribution in [0, 0.1) is 0 Å². The molecule has 0 amide bonds.